The van der Waals surface area contributed by atoms with Crippen LogP contribution in [0.4, 0.5) is 0 Å². The smallest absolute Gasteiger partial charge is 0.235 e. The molecule has 0 aliphatic carbocycles. The fourth-order valence-electron chi connectivity index (χ4n) is 1.88. The van der Waals surface area contributed by atoms with Crippen LogP contribution in [0.1, 0.15) is 12.8 Å². The van der Waals surface area contributed by atoms with Crippen molar-refractivity contribution in [2.24, 2.45) is 0 Å². The molecule has 1 spiro atoms. The average molecular weight is 220 g/mol. The van der Waals surface area contributed by atoms with Gasteiger partial charge in [-0.05, 0) is 19.9 Å². The molecular formula is C8H16N2O3S. The largest absolute Gasteiger partial charge is 0.356 e. The lowest BCUT2D eigenvalue weighted by atomic mass is 9.91. The van der Waals surface area contributed by atoms with Crippen LogP contribution in [0.3, 0.4) is 0 Å². The number of hydrogen-bond donors (Lipinski definition) is 1. The monoisotopic (exact) mass is 220 g/mol. The average Bonchev–Trinajstić information content (AvgIpc) is 2.16. The molecular weight excluding hydrogens is 204 g/mol. The van der Waals surface area contributed by atoms with Gasteiger partial charge in [-0.25, -0.2) is 13.1 Å². The van der Waals surface area contributed by atoms with Gasteiger partial charge in [0.25, 0.3) is 0 Å². The molecule has 2 rings (SSSR count). The van der Waals surface area contributed by atoms with Crippen molar-refractivity contribution >= 4 is 10.0 Å². The molecule has 0 atom stereocenters. The highest BCUT2D eigenvalue weighted by atomic mass is 32.2. The summed E-state index contributed by atoms with van der Waals surface area (Å²) in [6.07, 6.45) is 1.82. The van der Waals surface area contributed by atoms with Crippen LogP contribution in [-0.2, 0) is 14.8 Å². The van der Waals surface area contributed by atoms with Crippen LogP contribution in [0.5, 0.6) is 0 Å². The Kier molecular flexibility index (Phi) is 2.55. The third-order valence-electron chi connectivity index (χ3n) is 3.03. The summed E-state index contributed by atoms with van der Waals surface area (Å²) in [7, 11) is -1.09. The summed E-state index contributed by atoms with van der Waals surface area (Å²) < 4.78 is 30.2. The van der Waals surface area contributed by atoms with E-state index < -0.39 is 10.0 Å². The van der Waals surface area contributed by atoms with Crippen molar-refractivity contribution < 1.29 is 13.2 Å². The Bertz CT molecular complexity index is 291. The number of sulfonamides is 1. The van der Waals surface area contributed by atoms with Crippen molar-refractivity contribution in [1.82, 2.24) is 9.62 Å². The molecule has 2 heterocycles. The Labute approximate surface area is 84.5 Å². The first kappa shape index (κ1) is 10.4. The van der Waals surface area contributed by atoms with Crippen molar-refractivity contribution in [1.29, 1.82) is 0 Å². The quantitative estimate of drug-likeness (QED) is 0.590. The highest BCUT2D eigenvalue weighted by Crippen LogP contribution is 2.27. The lowest BCUT2D eigenvalue weighted by molar-refractivity contribution is -0.0653. The second-order valence-corrected chi connectivity index (χ2v) is 5.94. The van der Waals surface area contributed by atoms with Gasteiger partial charge in [-0.1, -0.05) is 0 Å². The van der Waals surface area contributed by atoms with Crippen molar-refractivity contribution in [3.8, 4) is 0 Å². The minimum atomic E-state index is -3.16. The molecule has 0 aromatic carbocycles. The number of ether oxygens (including phenoxy) is 1. The number of likely N-dealkylation sites (tertiary alicyclic amines) is 1. The molecule has 82 valence electrons. The van der Waals surface area contributed by atoms with Gasteiger partial charge < -0.3 is 9.64 Å². The molecule has 2 fully saturated rings. The summed E-state index contributed by atoms with van der Waals surface area (Å²) in [5.41, 5.74) is -0.238. The van der Waals surface area contributed by atoms with Crippen LogP contribution in [-0.4, -0.2) is 51.5 Å². The molecule has 5 nitrogen and oxygen atoms in total. The van der Waals surface area contributed by atoms with E-state index in [9.17, 15) is 8.42 Å². The van der Waals surface area contributed by atoms with Crippen LogP contribution in [0.2, 0.25) is 0 Å². The first-order valence-electron chi connectivity index (χ1n) is 4.81. The second kappa shape index (κ2) is 3.44. The van der Waals surface area contributed by atoms with Crippen LogP contribution < -0.4 is 4.72 Å². The SMILES string of the molecule is CN1CCC2(CC1)CNS(=O)(=O)CO2. The van der Waals surface area contributed by atoms with Crippen LogP contribution in [0.15, 0.2) is 0 Å². The van der Waals surface area contributed by atoms with E-state index in [0.29, 0.717) is 6.54 Å². The topological polar surface area (TPSA) is 58.6 Å². The van der Waals surface area contributed by atoms with E-state index in [1.165, 1.54) is 0 Å². The van der Waals surface area contributed by atoms with Gasteiger partial charge in [-0.3, -0.25) is 0 Å². The van der Waals surface area contributed by atoms with Crippen LogP contribution in [0, 0.1) is 0 Å². The molecule has 2 aliphatic heterocycles. The maximum Gasteiger partial charge on any atom is 0.235 e. The van der Waals surface area contributed by atoms with Gasteiger partial charge in [0, 0.05) is 19.6 Å². The Morgan fingerprint density at radius 1 is 1.36 bits per heavy atom. The fraction of sp³-hybridized carbons (Fsp3) is 1.00. The summed E-state index contributed by atoms with van der Waals surface area (Å²) in [6, 6.07) is 0. The van der Waals surface area contributed by atoms with Gasteiger partial charge in [0.15, 0.2) is 5.94 Å². The maximum atomic E-state index is 11.1. The first-order chi connectivity index (χ1) is 6.52. The number of rotatable bonds is 0. The molecule has 0 bridgehead atoms. The van der Waals surface area contributed by atoms with Gasteiger partial charge in [-0.2, -0.15) is 0 Å². The van der Waals surface area contributed by atoms with Crippen molar-refractivity contribution in [3.63, 3.8) is 0 Å². The highest BCUT2D eigenvalue weighted by Gasteiger charge is 2.39. The normalized spacial score (nSPS) is 31.8. The predicted molar refractivity (Wildman–Crippen MR) is 52.3 cm³/mol. The molecule has 6 heteroatoms. The van der Waals surface area contributed by atoms with E-state index in [1.807, 2.05) is 0 Å². The summed E-state index contributed by atoms with van der Waals surface area (Å²) in [5.74, 6) is -0.184. The molecule has 1 N–H and O–H groups in total. The Morgan fingerprint density at radius 3 is 2.50 bits per heavy atom. The molecule has 2 aliphatic rings. The van der Waals surface area contributed by atoms with Gasteiger partial charge in [0.2, 0.25) is 10.0 Å². The zero-order valence-corrected chi connectivity index (χ0v) is 9.14. The molecule has 14 heavy (non-hydrogen) atoms. The third kappa shape index (κ3) is 2.08. The Morgan fingerprint density at radius 2 is 2.00 bits per heavy atom. The van der Waals surface area contributed by atoms with Crippen LogP contribution >= 0.6 is 0 Å². The van der Waals surface area contributed by atoms with Crippen molar-refractivity contribution in [2.45, 2.75) is 18.4 Å². The lowest BCUT2D eigenvalue weighted by Crippen LogP contribution is -2.56. The van der Waals surface area contributed by atoms with E-state index in [2.05, 4.69) is 16.7 Å². The molecule has 0 unspecified atom stereocenters. The lowest BCUT2D eigenvalue weighted by Gasteiger charge is -2.42. The highest BCUT2D eigenvalue weighted by molar-refractivity contribution is 7.89. The number of hydrogen-bond acceptors (Lipinski definition) is 4. The molecule has 0 aromatic heterocycles. The number of piperidine rings is 1. The van der Waals surface area contributed by atoms with Gasteiger partial charge >= 0.3 is 0 Å². The van der Waals surface area contributed by atoms with E-state index in [0.717, 1.165) is 25.9 Å². The molecule has 0 radical (unpaired) electrons. The first-order valence-corrected chi connectivity index (χ1v) is 6.47. The number of nitrogens with one attached hydrogen (secondary N) is 1. The Hall–Kier alpha value is -0.170. The second-order valence-electron chi connectivity index (χ2n) is 4.18. The van der Waals surface area contributed by atoms with Crippen molar-refractivity contribution in [2.75, 3.05) is 32.6 Å². The summed E-state index contributed by atoms with van der Waals surface area (Å²) in [5, 5.41) is 0. The molecule has 2 saturated heterocycles. The summed E-state index contributed by atoms with van der Waals surface area (Å²) in [4.78, 5) is 2.23. The van der Waals surface area contributed by atoms with Gasteiger partial charge in [-0.15, -0.1) is 0 Å². The van der Waals surface area contributed by atoms with Crippen LogP contribution in [0.25, 0.3) is 0 Å². The fourth-order valence-corrected chi connectivity index (χ4v) is 2.86. The van der Waals surface area contributed by atoms with Gasteiger partial charge in [0.1, 0.15) is 0 Å². The maximum absolute atomic E-state index is 11.1. The molecule has 0 amide bonds. The molecule has 0 aromatic rings. The summed E-state index contributed by atoms with van der Waals surface area (Å²) in [6.45, 7) is 2.38. The predicted octanol–water partition coefficient (Wildman–Crippen LogP) is -0.642. The zero-order chi connectivity index (χ0) is 10.2. The van der Waals surface area contributed by atoms with Crippen molar-refractivity contribution in [3.05, 3.63) is 0 Å². The van der Waals surface area contributed by atoms with E-state index in [-0.39, 0.29) is 11.5 Å². The standard InChI is InChI=1S/C8H16N2O3S/c1-10-4-2-8(3-5-10)6-9-14(11,12)7-13-8/h9H,2-7H2,1H3. The number of nitrogens with zero attached hydrogens (tertiary/aromatic N) is 1. The Balaban J connectivity index is 1.99. The minimum Gasteiger partial charge on any atom is -0.356 e. The minimum absolute atomic E-state index is 0.184. The summed E-state index contributed by atoms with van der Waals surface area (Å²) >= 11 is 0. The van der Waals surface area contributed by atoms with E-state index in [4.69, 9.17) is 4.74 Å². The van der Waals surface area contributed by atoms with Gasteiger partial charge in [0.05, 0.1) is 5.60 Å². The molecule has 0 saturated carbocycles. The zero-order valence-electron chi connectivity index (χ0n) is 8.32. The van der Waals surface area contributed by atoms with E-state index >= 15 is 0 Å². The third-order valence-corrected chi connectivity index (χ3v) is 4.05. The van der Waals surface area contributed by atoms with E-state index in [1.54, 1.807) is 0 Å².